The number of pyridine rings is 1. The summed E-state index contributed by atoms with van der Waals surface area (Å²) in [6.07, 6.45) is 2.41. The Morgan fingerprint density at radius 1 is 0.973 bits per heavy atom. The second-order valence-corrected chi connectivity index (χ2v) is 9.24. The average Bonchev–Trinajstić information content (AvgIpc) is 3.23. The van der Waals surface area contributed by atoms with Crippen LogP contribution >= 0.6 is 15.9 Å². The first-order valence-corrected chi connectivity index (χ1v) is 12.5. The molecule has 0 spiro atoms. The van der Waals surface area contributed by atoms with Gasteiger partial charge in [-0.3, -0.25) is 9.69 Å². The van der Waals surface area contributed by atoms with E-state index >= 15 is 0 Å². The zero-order valence-corrected chi connectivity index (χ0v) is 21.7. The lowest BCUT2D eigenvalue weighted by Crippen LogP contribution is -2.28. The molecule has 0 unspecified atom stereocenters. The van der Waals surface area contributed by atoms with Gasteiger partial charge in [-0.25, -0.2) is 9.97 Å². The van der Waals surface area contributed by atoms with Crippen LogP contribution in [0.3, 0.4) is 0 Å². The molecule has 9 heteroatoms. The fourth-order valence-corrected chi connectivity index (χ4v) is 4.14. The molecule has 0 bridgehead atoms. The van der Waals surface area contributed by atoms with E-state index in [-0.39, 0.29) is 0 Å². The summed E-state index contributed by atoms with van der Waals surface area (Å²) in [5, 5.41) is 6.65. The summed E-state index contributed by atoms with van der Waals surface area (Å²) in [4.78, 5) is 22.4. The molecule has 0 aliphatic carbocycles. The Balaban J connectivity index is 1.28. The van der Waals surface area contributed by atoms with Crippen molar-refractivity contribution in [3.8, 4) is 11.5 Å². The molecule has 0 atom stereocenters. The van der Waals surface area contributed by atoms with Crippen LogP contribution in [0.15, 0.2) is 95.6 Å². The van der Waals surface area contributed by atoms with Crippen LogP contribution in [0, 0.1) is 0 Å². The standard InChI is InChI=1S/C28H25BrN6O2/c1-34-26-12-11-23(17-25(26)33-28(34)32-22-9-7-20(29)8-10-22)37-24-13-14-31-27(18-24)35(19-36)16-15-30-21-5-3-2-4-6-21/h2-14,17-19,30H,15-16H2,1H3,(H,32,33). The molecule has 5 aromatic rings. The first kappa shape index (κ1) is 24.3. The first-order chi connectivity index (χ1) is 18.1. The van der Waals surface area contributed by atoms with E-state index in [0.717, 1.165) is 39.2 Å². The van der Waals surface area contributed by atoms with Gasteiger partial charge in [0.15, 0.2) is 0 Å². The lowest BCUT2D eigenvalue weighted by atomic mass is 10.3. The molecular weight excluding hydrogens is 532 g/mol. The van der Waals surface area contributed by atoms with E-state index in [1.54, 1.807) is 23.2 Å². The number of carbonyl (C=O) groups excluding carboxylic acids is 1. The maximum Gasteiger partial charge on any atom is 0.215 e. The van der Waals surface area contributed by atoms with Gasteiger partial charge in [0, 0.05) is 54.3 Å². The fourth-order valence-electron chi connectivity index (χ4n) is 3.87. The highest BCUT2D eigenvalue weighted by atomic mass is 79.9. The van der Waals surface area contributed by atoms with Crippen molar-refractivity contribution >= 4 is 56.5 Å². The third kappa shape index (κ3) is 5.90. The maximum atomic E-state index is 11.7. The second-order valence-electron chi connectivity index (χ2n) is 8.32. The van der Waals surface area contributed by atoms with Gasteiger partial charge >= 0.3 is 0 Å². The van der Waals surface area contributed by atoms with Crippen molar-refractivity contribution in [1.29, 1.82) is 0 Å². The number of anilines is 4. The van der Waals surface area contributed by atoms with Gasteiger partial charge in [0.2, 0.25) is 12.4 Å². The fraction of sp³-hybridized carbons (Fsp3) is 0.107. The normalized spacial score (nSPS) is 10.8. The van der Waals surface area contributed by atoms with E-state index < -0.39 is 0 Å². The number of para-hydroxylation sites is 1. The molecule has 0 saturated heterocycles. The Kier molecular flexibility index (Phi) is 7.32. The lowest BCUT2D eigenvalue weighted by molar-refractivity contribution is -0.107. The number of aromatic nitrogens is 3. The summed E-state index contributed by atoms with van der Waals surface area (Å²) in [5.41, 5.74) is 3.72. The van der Waals surface area contributed by atoms with Crippen LogP contribution in [-0.4, -0.2) is 34.0 Å². The monoisotopic (exact) mass is 556 g/mol. The third-order valence-corrected chi connectivity index (χ3v) is 6.31. The van der Waals surface area contributed by atoms with E-state index in [4.69, 9.17) is 9.72 Å². The highest BCUT2D eigenvalue weighted by Crippen LogP contribution is 2.29. The number of carbonyl (C=O) groups is 1. The predicted octanol–water partition coefficient (Wildman–Crippen LogP) is 6.34. The van der Waals surface area contributed by atoms with Gasteiger partial charge in [-0.2, -0.15) is 0 Å². The number of fused-ring (bicyclic) bond motifs is 1. The summed E-state index contributed by atoms with van der Waals surface area (Å²) >= 11 is 3.46. The molecule has 0 radical (unpaired) electrons. The molecular formula is C28H25BrN6O2. The molecule has 186 valence electrons. The number of hydrogen-bond donors (Lipinski definition) is 2. The number of aryl methyl sites for hydroxylation is 1. The van der Waals surface area contributed by atoms with Crippen LogP contribution in [0.25, 0.3) is 11.0 Å². The van der Waals surface area contributed by atoms with Gasteiger partial charge in [0.05, 0.1) is 11.0 Å². The minimum atomic E-state index is 0.461. The predicted molar refractivity (Wildman–Crippen MR) is 151 cm³/mol. The van der Waals surface area contributed by atoms with Crippen LogP contribution in [0.2, 0.25) is 0 Å². The third-order valence-electron chi connectivity index (χ3n) is 5.78. The van der Waals surface area contributed by atoms with Crippen molar-refractivity contribution in [3.63, 3.8) is 0 Å². The molecule has 0 fully saturated rings. The molecule has 5 rings (SSSR count). The van der Waals surface area contributed by atoms with Gasteiger partial charge in [-0.15, -0.1) is 0 Å². The van der Waals surface area contributed by atoms with Crippen LogP contribution in [0.4, 0.5) is 23.1 Å². The number of benzene rings is 3. The Morgan fingerprint density at radius 3 is 2.54 bits per heavy atom. The lowest BCUT2D eigenvalue weighted by Gasteiger charge is -2.18. The van der Waals surface area contributed by atoms with E-state index in [0.29, 0.717) is 30.4 Å². The SMILES string of the molecule is Cn1c(Nc2ccc(Br)cc2)nc2cc(Oc3ccnc(N(C=O)CCNc4ccccc4)c3)ccc21. The van der Waals surface area contributed by atoms with Crippen molar-refractivity contribution in [2.24, 2.45) is 7.05 Å². The van der Waals surface area contributed by atoms with Crippen molar-refractivity contribution in [2.75, 3.05) is 28.6 Å². The van der Waals surface area contributed by atoms with Gasteiger partial charge in [0.25, 0.3) is 0 Å². The highest BCUT2D eigenvalue weighted by molar-refractivity contribution is 9.10. The van der Waals surface area contributed by atoms with E-state index in [9.17, 15) is 4.79 Å². The Morgan fingerprint density at radius 2 is 1.76 bits per heavy atom. The highest BCUT2D eigenvalue weighted by Gasteiger charge is 2.12. The summed E-state index contributed by atoms with van der Waals surface area (Å²) in [6.45, 7) is 1.05. The van der Waals surface area contributed by atoms with Crippen LogP contribution in [-0.2, 0) is 11.8 Å². The number of halogens is 1. The van der Waals surface area contributed by atoms with Gasteiger partial charge in [-0.05, 0) is 54.6 Å². The Hall–Kier alpha value is -4.37. The van der Waals surface area contributed by atoms with Crippen LogP contribution in [0.5, 0.6) is 11.5 Å². The van der Waals surface area contributed by atoms with E-state index in [1.165, 1.54) is 0 Å². The Bertz CT molecular complexity index is 1500. The topological polar surface area (TPSA) is 84.3 Å². The molecule has 1 amide bonds. The van der Waals surface area contributed by atoms with Crippen molar-refractivity contribution in [2.45, 2.75) is 0 Å². The summed E-state index contributed by atoms with van der Waals surface area (Å²) < 4.78 is 9.12. The largest absolute Gasteiger partial charge is 0.457 e. The molecule has 3 aromatic carbocycles. The molecule has 2 N–H and O–H groups in total. The smallest absolute Gasteiger partial charge is 0.215 e. The Labute approximate surface area is 223 Å². The number of hydrogen-bond acceptors (Lipinski definition) is 6. The quantitative estimate of drug-likeness (QED) is 0.195. The van der Waals surface area contributed by atoms with Crippen LogP contribution in [0.1, 0.15) is 0 Å². The molecule has 0 aliphatic rings. The molecule has 2 aromatic heterocycles. The zero-order valence-electron chi connectivity index (χ0n) is 20.1. The maximum absolute atomic E-state index is 11.7. The van der Waals surface area contributed by atoms with Gasteiger partial charge in [0.1, 0.15) is 17.3 Å². The summed E-state index contributed by atoms with van der Waals surface area (Å²) in [6, 6.07) is 27.1. The molecule has 37 heavy (non-hydrogen) atoms. The number of imidazole rings is 1. The van der Waals surface area contributed by atoms with Gasteiger partial charge in [-0.1, -0.05) is 34.1 Å². The number of nitrogens with one attached hydrogen (secondary N) is 2. The molecule has 2 heterocycles. The minimum Gasteiger partial charge on any atom is -0.457 e. The second kappa shape index (κ2) is 11.1. The molecule has 8 nitrogen and oxygen atoms in total. The zero-order chi connectivity index (χ0) is 25.6. The van der Waals surface area contributed by atoms with E-state index in [1.807, 2.05) is 84.4 Å². The molecule has 0 saturated carbocycles. The average molecular weight is 557 g/mol. The van der Waals surface area contributed by atoms with Crippen LogP contribution < -0.4 is 20.3 Å². The first-order valence-electron chi connectivity index (χ1n) is 11.7. The van der Waals surface area contributed by atoms with Crippen molar-refractivity contribution in [1.82, 2.24) is 14.5 Å². The van der Waals surface area contributed by atoms with Crippen molar-refractivity contribution < 1.29 is 9.53 Å². The minimum absolute atomic E-state index is 0.461. The number of ether oxygens (including phenoxy) is 1. The number of amides is 1. The summed E-state index contributed by atoms with van der Waals surface area (Å²) in [5.74, 6) is 2.46. The van der Waals surface area contributed by atoms with E-state index in [2.05, 4.69) is 31.5 Å². The molecule has 0 aliphatic heterocycles. The van der Waals surface area contributed by atoms with Crippen molar-refractivity contribution in [3.05, 3.63) is 95.6 Å². The van der Waals surface area contributed by atoms with Gasteiger partial charge < -0.3 is 19.9 Å². The number of rotatable bonds is 10. The summed E-state index contributed by atoms with van der Waals surface area (Å²) in [7, 11) is 1.97. The number of nitrogens with zero attached hydrogens (tertiary/aromatic N) is 4.